The monoisotopic (exact) mass is 352 g/mol. The van der Waals surface area contributed by atoms with Crippen LogP contribution in [0.1, 0.15) is 18.1 Å². The lowest BCUT2D eigenvalue weighted by Gasteiger charge is -2.11. The summed E-state index contributed by atoms with van der Waals surface area (Å²) in [6, 6.07) is 14.7. The summed E-state index contributed by atoms with van der Waals surface area (Å²) in [6.45, 7) is 2.48. The van der Waals surface area contributed by atoms with Crippen molar-refractivity contribution in [3.63, 3.8) is 0 Å². The van der Waals surface area contributed by atoms with E-state index in [9.17, 15) is 9.59 Å². The molecule has 2 aromatic carbocycles. The Morgan fingerprint density at radius 2 is 1.85 bits per heavy atom. The van der Waals surface area contributed by atoms with E-state index in [2.05, 4.69) is 5.32 Å². The van der Waals surface area contributed by atoms with E-state index < -0.39 is 6.03 Å². The topological polar surface area (TPSA) is 67.9 Å². The van der Waals surface area contributed by atoms with Gasteiger partial charge in [-0.05, 0) is 36.3 Å². The minimum absolute atomic E-state index is 0.246. The van der Waals surface area contributed by atoms with Crippen LogP contribution in [0.25, 0.3) is 6.08 Å². The Labute approximate surface area is 152 Å². The molecule has 1 N–H and O–H groups in total. The number of imide groups is 1. The molecule has 0 aromatic heterocycles. The summed E-state index contributed by atoms with van der Waals surface area (Å²) in [5.41, 5.74) is 2.02. The number of hydrogen-bond donors (Lipinski definition) is 1. The summed E-state index contributed by atoms with van der Waals surface area (Å²) >= 11 is 0. The van der Waals surface area contributed by atoms with Crippen molar-refractivity contribution in [2.75, 3.05) is 13.7 Å². The lowest BCUT2D eigenvalue weighted by molar-refractivity contribution is -0.122. The Morgan fingerprint density at radius 3 is 2.50 bits per heavy atom. The van der Waals surface area contributed by atoms with Gasteiger partial charge in [0, 0.05) is 6.54 Å². The van der Waals surface area contributed by atoms with Gasteiger partial charge in [0.2, 0.25) is 0 Å². The van der Waals surface area contributed by atoms with Crippen LogP contribution in [0.3, 0.4) is 0 Å². The van der Waals surface area contributed by atoms with Crippen LogP contribution in [0.15, 0.2) is 54.2 Å². The van der Waals surface area contributed by atoms with Crippen molar-refractivity contribution >= 4 is 18.0 Å². The third-order valence-corrected chi connectivity index (χ3v) is 4.01. The number of ether oxygens (including phenoxy) is 2. The van der Waals surface area contributed by atoms with Gasteiger partial charge in [0.05, 0.1) is 7.11 Å². The van der Waals surface area contributed by atoms with E-state index in [1.54, 1.807) is 38.3 Å². The predicted molar refractivity (Wildman–Crippen MR) is 97.7 cm³/mol. The molecule has 6 heteroatoms. The molecule has 1 saturated heterocycles. The zero-order valence-corrected chi connectivity index (χ0v) is 14.7. The average molecular weight is 352 g/mol. The van der Waals surface area contributed by atoms with E-state index in [4.69, 9.17) is 9.47 Å². The SMILES string of the molecule is CCN1C(=O)N/C(=C/c2ccc(OC)c(OCc3ccccc3)c2)C1=O. The fourth-order valence-electron chi connectivity index (χ4n) is 2.66. The highest BCUT2D eigenvalue weighted by Gasteiger charge is 2.31. The minimum Gasteiger partial charge on any atom is -0.493 e. The van der Waals surface area contributed by atoms with Crippen LogP contribution in [-0.4, -0.2) is 30.5 Å². The molecular formula is C20H20N2O4. The van der Waals surface area contributed by atoms with Crippen LogP contribution in [0.5, 0.6) is 11.5 Å². The highest BCUT2D eigenvalue weighted by atomic mass is 16.5. The molecule has 1 aliphatic rings. The number of nitrogens with one attached hydrogen (secondary N) is 1. The fourth-order valence-corrected chi connectivity index (χ4v) is 2.66. The first-order valence-corrected chi connectivity index (χ1v) is 8.31. The quantitative estimate of drug-likeness (QED) is 0.640. The lowest BCUT2D eigenvalue weighted by atomic mass is 10.1. The molecule has 3 amide bonds. The van der Waals surface area contributed by atoms with Gasteiger partial charge >= 0.3 is 6.03 Å². The normalized spacial score (nSPS) is 15.3. The van der Waals surface area contributed by atoms with Gasteiger partial charge in [-0.3, -0.25) is 9.69 Å². The van der Waals surface area contributed by atoms with Crippen molar-refractivity contribution in [2.24, 2.45) is 0 Å². The van der Waals surface area contributed by atoms with E-state index >= 15 is 0 Å². The molecule has 26 heavy (non-hydrogen) atoms. The lowest BCUT2D eigenvalue weighted by Crippen LogP contribution is -2.30. The second-order valence-electron chi connectivity index (χ2n) is 5.72. The summed E-state index contributed by atoms with van der Waals surface area (Å²) in [6.07, 6.45) is 1.63. The first-order chi connectivity index (χ1) is 12.6. The van der Waals surface area contributed by atoms with Gasteiger partial charge in [-0.2, -0.15) is 0 Å². The molecule has 1 heterocycles. The highest BCUT2D eigenvalue weighted by Crippen LogP contribution is 2.30. The van der Waals surface area contributed by atoms with Gasteiger partial charge in [-0.15, -0.1) is 0 Å². The van der Waals surface area contributed by atoms with E-state index in [1.807, 2.05) is 30.3 Å². The van der Waals surface area contributed by atoms with Gasteiger partial charge in [0.15, 0.2) is 11.5 Å². The van der Waals surface area contributed by atoms with Crippen LogP contribution in [0, 0.1) is 0 Å². The summed E-state index contributed by atoms with van der Waals surface area (Å²) in [7, 11) is 1.57. The molecule has 0 saturated carbocycles. The van der Waals surface area contributed by atoms with E-state index in [-0.39, 0.29) is 11.6 Å². The standard InChI is InChI=1S/C20H20N2O4/c1-3-22-19(23)16(21-20(22)24)11-15-9-10-17(25-2)18(12-15)26-13-14-7-5-4-6-8-14/h4-12H,3,13H2,1-2H3,(H,21,24)/b16-11+. The number of nitrogens with zero attached hydrogens (tertiary/aromatic N) is 1. The van der Waals surface area contributed by atoms with Crippen LogP contribution in [0.2, 0.25) is 0 Å². The Balaban J connectivity index is 1.82. The molecule has 0 bridgehead atoms. The van der Waals surface area contributed by atoms with Crippen molar-refractivity contribution < 1.29 is 19.1 Å². The number of hydrogen-bond acceptors (Lipinski definition) is 4. The average Bonchev–Trinajstić information content (AvgIpc) is 2.93. The first kappa shape index (κ1) is 17.5. The zero-order valence-electron chi connectivity index (χ0n) is 14.7. The van der Waals surface area contributed by atoms with Gasteiger partial charge < -0.3 is 14.8 Å². The maximum atomic E-state index is 12.2. The Bertz CT molecular complexity index is 846. The van der Waals surface area contributed by atoms with Crippen LogP contribution >= 0.6 is 0 Å². The van der Waals surface area contributed by atoms with E-state index in [0.29, 0.717) is 24.7 Å². The number of carbonyl (C=O) groups excluding carboxylic acids is 2. The number of methoxy groups -OCH3 is 1. The molecule has 1 aliphatic heterocycles. The van der Waals surface area contributed by atoms with Gasteiger partial charge in [0.1, 0.15) is 12.3 Å². The molecule has 6 nitrogen and oxygen atoms in total. The van der Waals surface area contributed by atoms with Crippen molar-refractivity contribution in [3.8, 4) is 11.5 Å². The smallest absolute Gasteiger partial charge is 0.328 e. The molecular weight excluding hydrogens is 332 g/mol. The van der Waals surface area contributed by atoms with Crippen LogP contribution in [0.4, 0.5) is 4.79 Å². The molecule has 0 atom stereocenters. The highest BCUT2D eigenvalue weighted by molar-refractivity contribution is 6.13. The summed E-state index contributed by atoms with van der Waals surface area (Å²) in [4.78, 5) is 25.1. The second-order valence-corrected chi connectivity index (χ2v) is 5.72. The van der Waals surface area contributed by atoms with E-state index in [1.165, 1.54) is 0 Å². The second kappa shape index (κ2) is 7.74. The first-order valence-electron chi connectivity index (χ1n) is 8.31. The predicted octanol–water partition coefficient (Wildman–Crippen LogP) is 3.19. The molecule has 0 radical (unpaired) electrons. The Morgan fingerprint density at radius 1 is 1.08 bits per heavy atom. The van der Waals surface area contributed by atoms with Gasteiger partial charge in [-0.1, -0.05) is 36.4 Å². The molecule has 2 aromatic rings. The molecule has 0 unspecified atom stereocenters. The Hall–Kier alpha value is -3.28. The molecule has 134 valence electrons. The third-order valence-electron chi connectivity index (χ3n) is 4.01. The number of benzene rings is 2. The minimum atomic E-state index is -0.405. The van der Waals surface area contributed by atoms with Crippen molar-refractivity contribution in [2.45, 2.75) is 13.5 Å². The number of urea groups is 1. The maximum absolute atomic E-state index is 12.2. The van der Waals surface area contributed by atoms with Crippen molar-refractivity contribution in [3.05, 3.63) is 65.4 Å². The van der Waals surface area contributed by atoms with E-state index in [0.717, 1.165) is 16.0 Å². The molecule has 0 spiro atoms. The van der Waals surface area contributed by atoms with Crippen molar-refractivity contribution in [1.82, 2.24) is 10.2 Å². The van der Waals surface area contributed by atoms with Crippen LogP contribution < -0.4 is 14.8 Å². The number of likely N-dealkylation sites (N-methyl/N-ethyl adjacent to an activating group) is 1. The molecule has 1 fully saturated rings. The zero-order chi connectivity index (χ0) is 18.5. The number of amides is 3. The molecule has 0 aliphatic carbocycles. The van der Waals surface area contributed by atoms with Crippen molar-refractivity contribution in [1.29, 1.82) is 0 Å². The third kappa shape index (κ3) is 3.69. The number of rotatable bonds is 6. The summed E-state index contributed by atoms with van der Waals surface area (Å²) in [5.74, 6) is 0.829. The van der Waals surface area contributed by atoms with Gasteiger partial charge in [-0.25, -0.2) is 4.79 Å². The Kier molecular flexibility index (Phi) is 5.22. The fraction of sp³-hybridized carbons (Fsp3) is 0.200. The summed E-state index contributed by atoms with van der Waals surface area (Å²) in [5, 5.41) is 2.59. The van der Waals surface area contributed by atoms with Gasteiger partial charge in [0.25, 0.3) is 5.91 Å². The number of carbonyl (C=O) groups is 2. The summed E-state index contributed by atoms with van der Waals surface area (Å²) < 4.78 is 11.2. The molecule has 3 rings (SSSR count). The largest absolute Gasteiger partial charge is 0.493 e. The maximum Gasteiger partial charge on any atom is 0.328 e. The van der Waals surface area contributed by atoms with Crippen LogP contribution in [-0.2, 0) is 11.4 Å².